The second-order valence-corrected chi connectivity index (χ2v) is 4.29. The van der Waals surface area contributed by atoms with Crippen molar-refractivity contribution in [2.45, 2.75) is 40.7 Å². The largest absolute Gasteiger partial charge is 0.350 e. The maximum atomic E-state index is 11.7. The molecular formula is C14H20ClNO2. The predicted octanol–water partition coefficient (Wildman–Crippen LogP) is 3.71. The molecule has 100 valence electrons. The molecule has 0 aliphatic carbocycles. The number of nitrogens with one attached hydrogen (secondary N) is 1. The number of rotatable bonds is 3. The Bertz CT molecular complexity index is 428. The fourth-order valence-electron chi connectivity index (χ4n) is 1.28. The van der Waals surface area contributed by atoms with Gasteiger partial charge in [0.1, 0.15) is 0 Å². The van der Waals surface area contributed by atoms with Gasteiger partial charge in [-0.05, 0) is 39.0 Å². The van der Waals surface area contributed by atoms with Gasteiger partial charge in [-0.25, -0.2) is 0 Å². The van der Waals surface area contributed by atoms with Crippen LogP contribution in [0, 0.1) is 0 Å². The van der Waals surface area contributed by atoms with Crippen LogP contribution in [0.4, 0.5) is 0 Å². The molecule has 1 aromatic rings. The van der Waals surface area contributed by atoms with E-state index < -0.39 is 0 Å². The van der Waals surface area contributed by atoms with Crippen LogP contribution in [-0.4, -0.2) is 17.7 Å². The Morgan fingerprint density at radius 3 is 2.22 bits per heavy atom. The van der Waals surface area contributed by atoms with E-state index in [-0.39, 0.29) is 17.7 Å². The summed E-state index contributed by atoms with van der Waals surface area (Å²) in [4.78, 5) is 22.9. The number of carbonyl (C=O) groups is 2. The first-order valence-corrected chi connectivity index (χ1v) is 6.41. The van der Waals surface area contributed by atoms with Crippen LogP contribution in [0.15, 0.2) is 18.2 Å². The molecule has 1 amide bonds. The van der Waals surface area contributed by atoms with Gasteiger partial charge in [0, 0.05) is 17.2 Å². The number of halogens is 1. The highest BCUT2D eigenvalue weighted by molar-refractivity contribution is 6.34. The molecule has 0 aliphatic rings. The summed E-state index contributed by atoms with van der Waals surface area (Å²) in [6.45, 7) is 9.17. The molecule has 18 heavy (non-hydrogen) atoms. The predicted molar refractivity (Wildman–Crippen MR) is 75.4 cm³/mol. The van der Waals surface area contributed by atoms with Crippen molar-refractivity contribution in [1.82, 2.24) is 5.32 Å². The van der Waals surface area contributed by atoms with E-state index in [2.05, 4.69) is 5.32 Å². The number of ketones is 1. The van der Waals surface area contributed by atoms with Crippen molar-refractivity contribution in [3.8, 4) is 0 Å². The summed E-state index contributed by atoms with van der Waals surface area (Å²) in [6, 6.07) is 4.74. The van der Waals surface area contributed by atoms with Crippen LogP contribution in [0.25, 0.3) is 0 Å². The van der Waals surface area contributed by atoms with E-state index >= 15 is 0 Å². The van der Waals surface area contributed by atoms with E-state index in [1.807, 2.05) is 27.7 Å². The molecule has 0 bridgehead atoms. The normalized spacial score (nSPS) is 9.50. The van der Waals surface area contributed by atoms with Gasteiger partial charge in [0.05, 0.1) is 5.02 Å². The summed E-state index contributed by atoms with van der Waals surface area (Å²) in [5, 5.41) is 3.12. The van der Waals surface area contributed by atoms with Crippen LogP contribution < -0.4 is 5.32 Å². The van der Waals surface area contributed by atoms with Crippen LogP contribution >= 0.6 is 11.6 Å². The van der Waals surface area contributed by atoms with Gasteiger partial charge in [0.15, 0.2) is 5.78 Å². The minimum Gasteiger partial charge on any atom is -0.350 e. The summed E-state index contributed by atoms with van der Waals surface area (Å²) >= 11 is 5.85. The third-order valence-corrected chi connectivity index (χ3v) is 2.36. The van der Waals surface area contributed by atoms with Gasteiger partial charge in [-0.1, -0.05) is 25.4 Å². The second kappa shape index (κ2) is 7.88. The molecule has 0 spiro atoms. The van der Waals surface area contributed by atoms with E-state index in [4.69, 9.17) is 11.6 Å². The zero-order chi connectivity index (χ0) is 14.3. The van der Waals surface area contributed by atoms with Crippen molar-refractivity contribution in [2.75, 3.05) is 0 Å². The fourth-order valence-corrected chi connectivity index (χ4v) is 1.53. The molecule has 0 atom stereocenters. The van der Waals surface area contributed by atoms with Crippen molar-refractivity contribution in [3.63, 3.8) is 0 Å². The van der Waals surface area contributed by atoms with Crippen LogP contribution in [-0.2, 0) is 0 Å². The Morgan fingerprint density at radius 2 is 1.78 bits per heavy atom. The number of benzene rings is 1. The zero-order valence-corrected chi connectivity index (χ0v) is 12.3. The maximum absolute atomic E-state index is 11.7. The highest BCUT2D eigenvalue weighted by Gasteiger charge is 2.11. The van der Waals surface area contributed by atoms with Crippen LogP contribution in [0.2, 0.25) is 5.02 Å². The first kappa shape index (κ1) is 16.6. The first-order chi connectivity index (χ1) is 8.41. The molecule has 4 heteroatoms. The first-order valence-electron chi connectivity index (χ1n) is 6.03. The van der Waals surface area contributed by atoms with Gasteiger partial charge in [-0.15, -0.1) is 0 Å². The van der Waals surface area contributed by atoms with Gasteiger partial charge in [0.25, 0.3) is 5.91 Å². The van der Waals surface area contributed by atoms with Gasteiger partial charge >= 0.3 is 0 Å². The molecule has 0 aromatic heterocycles. The van der Waals surface area contributed by atoms with Gasteiger partial charge in [-0.3, -0.25) is 9.59 Å². The van der Waals surface area contributed by atoms with Crippen molar-refractivity contribution in [1.29, 1.82) is 0 Å². The summed E-state index contributed by atoms with van der Waals surface area (Å²) in [5.74, 6) is -0.349. The summed E-state index contributed by atoms with van der Waals surface area (Å²) in [5.41, 5.74) is 0.821. The number of Topliss-reactive ketones (excluding diaryl/α,β-unsaturated/α-hetero) is 1. The molecule has 0 saturated carbocycles. The lowest BCUT2D eigenvalue weighted by Crippen LogP contribution is -2.30. The van der Waals surface area contributed by atoms with Crippen molar-refractivity contribution >= 4 is 23.3 Å². The molecule has 0 radical (unpaired) electrons. The van der Waals surface area contributed by atoms with E-state index in [1.54, 1.807) is 12.1 Å². The topological polar surface area (TPSA) is 46.2 Å². The van der Waals surface area contributed by atoms with Crippen LogP contribution in [0.1, 0.15) is 55.3 Å². The Kier molecular flexibility index (Phi) is 7.29. The Hall–Kier alpha value is -1.35. The SMILES string of the molecule is CC.CC(=O)c1cc(C(=O)NC(C)C)ccc1Cl. The monoisotopic (exact) mass is 269 g/mol. The molecule has 1 rings (SSSR count). The van der Waals surface area contributed by atoms with E-state index in [9.17, 15) is 9.59 Å². The van der Waals surface area contributed by atoms with E-state index in [0.29, 0.717) is 16.1 Å². The molecular weight excluding hydrogens is 250 g/mol. The van der Waals surface area contributed by atoms with E-state index in [1.165, 1.54) is 13.0 Å². The summed E-state index contributed by atoms with van der Waals surface area (Å²) in [6.07, 6.45) is 0. The number of hydrogen-bond donors (Lipinski definition) is 1. The minimum atomic E-state index is -0.200. The molecule has 0 saturated heterocycles. The second-order valence-electron chi connectivity index (χ2n) is 3.88. The molecule has 1 N–H and O–H groups in total. The molecule has 0 heterocycles. The lowest BCUT2D eigenvalue weighted by Gasteiger charge is -2.09. The molecule has 0 fully saturated rings. The van der Waals surface area contributed by atoms with Crippen molar-refractivity contribution in [2.24, 2.45) is 0 Å². The molecule has 3 nitrogen and oxygen atoms in total. The highest BCUT2D eigenvalue weighted by Crippen LogP contribution is 2.18. The summed E-state index contributed by atoms with van der Waals surface area (Å²) in [7, 11) is 0. The minimum absolute atomic E-state index is 0.0592. The smallest absolute Gasteiger partial charge is 0.251 e. The molecule has 0 aliphatic heterocycles. The Labute approximate surface area is 114 Å². The molecule has 1 aromatic carbocycles. The van der Waals surface area contributed by atoms with Crippen molar-refractivity contribution < 1.29 is 9.59 Å². The number of amides is 1. The van der Waals surface area contributed by atoms with Gasteiger partial charge in [0.2, 0.25) is 0 Å². The van der Waals surface area contributed by atoms with E-state index in [0.717, 1.165) is 0 Å². The van der Waals surface area contributed by atoms with Crippen molar-refractivity contribution in [3.05, 3.63) is 34.3 Å². The zero-order valence-electron chi connectivity index (χ0n) is 11.5. The quantitative estimate of drug-likeness (QED) is 0.851. The van der Waals surface area contributed by atoms with Crippen LogP contribution in [0.5, 0.6) is 0 Å². The average Bonchev–Trinajstić information content (AvgIpc) is 2.30. The number of carbonyl (C=O) groups excluding carboxylic acids is 2. The number of hydrogen-bond acceptors (Lipinski definition) is 2. The lowest BCUT2D eigenvalue weighted by atomic mass is 10.1. The lowest BCUT2D eigenvalue weighted by molar-refractivity contribution is 0.0943. The third-order valence-electron chi connectivity index (χ3n) is 2.03. The summed E-state index contributed by atoms with van der Waals surface area (Å²) < 4.78 is 0. The third kappa shape index (κ3) is 4.88. The Morgan fingerprint density at radius 1 is 1.22 bits per heavy atom. The Balaban J connectivity index is 0.00000137. The average molecular weight is 270 g/mol. The van der Waals surface area contributed by atoms with Gasteiger partial charge in [-0.2, -0.15) is 0 Å². The fraction of sp³-hybridized carbons (Fsp3) is 0.429. The van der Waals surface area contributed by atoms with Crippen LogP contribution in [0.3, 0.4) is 0 Å². The molecule has 0 unspecified atom stereocenters. The standard InChI is InChI=1S/C12H14ClNO2.C2H6/c1-7(2)14-12(16)9-4-5-11(13)10(6-9)8(3)15;1-2/h4-7H,1-3H3,(H,14,16);1-2H3. The maximum Gasteiger partial charge on any atom is 0.251 e. The highest BCUT2D eigenvalue weighted by atomic mass is 35.5. The van der Waals surface area contributed by atoms with Gasteiger partial charge < -0.3 is 5.32 Å².